The number of carbonyl (C=O) groups excluding carboxylic acids is 2. The second-order valence-electron chi connectivity index (χ2n) is 3.99. The van der Waals surface area contributed by atoms with Crippen molar-refractivity contribution in [1.29, 1.82) is 0 Å². The summed E-state index contributed by atoms with van der Waals surface area (Å²) in [6.45, 7) is 0.543. The molecule has 0 aliphatic carbocycles. The van der Waals surface area contributed by atoms with Crippen LogP contribution in [0.1, 0.15) is 20.3 Å². The van der Waals surface area contributed by atoms with Crippen LogP contribution in [0.25, 0.3) is 5.53 Å². The molecule has 0 aliphatic rings. The van der Waals surface area contributed by atoms with Gasteiger partial charge in [-0.05, 0) is 13.8 Å². The number of hydrogen-bond acceptors (Lipinski definition) is 4. The van der Waals surface area contributed by atoms with Crippen LogP contribution in [0.5, 0.6) is 0 Å². The zero-order valence-electron chi connectivity index (χ0n) is 10.3. The minimum absolute atomic E-state index is 0.137. The van der Waals surface area contributed by atoms with Gasteiger partial charge in [-0.25, -0.2) is 4.79 Å². The van der Waals surface area contributed by atoms with Gasteiger partial charge in [0.25, 0.3) is 5.78 Å². The highest BCUT2D eigenvalue weighted by Crippen LogP contribution is 2.40. The van der Waals surface area contributed by atoms with Gasteiger partial charge in [0, 0.05) is 6.42 Å². The highest BCUT2D eigenvalue weighted by atomic mass is 19.4. The van der Waals surface area contributed by atoms with Crippen LogP contribution in [0, 0.1) is 5.41 Å². The van der Waals surface area contributed by atoms with Crippen molar-refractivity contribution >= 4 is 17.5 Å². The van der Waals surface area contributed by atoms with E-state index in [9.17, 15) is 22.8 Å². The Bertz CT molecular complexity index is 415. The first-order valence-corrected chi connectivity index (χ1v) is 5.23. The van der Waals surface area contributed by atoms with Crippen molar-refractivity contribution < 1.29 is 37.4 Å². The van der Waals surface area contributed by atoms with Crippen LogP contribution in [-0.2, 0) is 14.3 Å². The van der Waals surface area contributed by atoms with Crippen LogP contribution < -0.4 is 0 Å². The number of aliphatic hydroxyl groups is 1. The topological polar surface area (TPSA) is 100 Å². The van der Waals surface area contributed by atoms with Gasteiger partial charge in [0.05, 0.1) is 18.6 Å². The summed E-state index contributed by atoms with van der Waals surface area (Å²) in [5.74, 6) is -2.69. The number of carbonyl (C=O) groups is 2. The quantitative estimate of drug-likeness (QED) is 0.255. The molecule has 0 heterocycles. The lowest BCUT2D eigenvalue weighted by Crippen LogP contribution is -2.43. The normalized spacial score (nSPS) is 14.2. The molecule has 9 heteroatoms. The number of esters is 1. The molecule has 0 fully saturated rings. The van der Waals surface area contributed by atoms with Crippen LogP contribution in [0.3, 0.4) is 0 Å². The van der Waals surface area contributed by atoms with E-state index in [1.807, 2.05) is 0 Å². The van der Waals surface area contributed by atoms with Gasteiger partial charge in [0.1, 0.15) is 0 Å². The van der Waals surface area contributed by atoms with Crippen LogP contribution in [-0.4, -0.2) is 46.8 Å². The van der Waals surface area contributed by atoms with E-state index in [1.165, 1.54) is 6.92 Å². The van der Waals surface area contributed by atoms with Crippen molar-refractivity contribution in [3.63, 3.8) is 0 Å². The number of aliphatic hydroxyl groups excluding tert-OH is 1. The molecule has 0 aromatic carbocycles. The number of nitrogens with zero attached hydrogens (tertiary/aromatic N) is 2. The van der Waals surface area contributed by atoms with E-state index in [0.717, 1.165) is 0 Å². The third kappa shape index (κ3) is 4.15. The average molecular weight is 282 g/mol. The Kier molecular flexibility index (Phi) is 5.85. The average Bonchev–Trinajstić information content (AvgIpc) is 2.28. The maximum atomic E-state index is 12.7. The molecule has 0 bridgehead atoms. The zero-order valence-corrected chi connectivity index (χ0v) is 10.3. The van der Waals surface area contributed by atoms with Gasteiger partial charge < -0.3 is 15.4 Å². The molecular formula is C10H13F3N2O4. The van der Waals surface area contributed by atoms with Gasteiger partial charge in [-0.3, -0.25) is 4.79 Å². The van der Waals surface area contributed by atoms with Crippen molar-refractivity contribution in [2.75, 3.05) is 13.2 Å². The minimum atomic E-state index is -4.85. The first-order chi connectivity index (χ1) is 8.62. The standard InChI is InChI=1S/C10H13F3N2O4/c1-3-19-8(18)7(15-14)6(17)4-9(2,5-16)10(11,12)13/h16H,3-5H2,1-2H3/t9-/m1/s1. The molecule has 0 saturated carbocycles. The summed E-state index contributed by atoms with van der Waals surface area (Å²) >= 11 is 0. The molecule has 1 atom stereocenters. The smallest absolute Gasteiger partial charge is 0.441 e. The van der Waals surface area contributed by atoms with Crippen molar-refractivity contribution in [1.82, 2.24) is 0 Å². The van der Waals surface area contributed by atoms with E-state index in [1.54, 1.807) is 0 Å². The van der Waals surface area contributed by atoms with Gasteiger partial charge in [-0.2, -0.15) is 18.0 Å². The summed E-state index contributed by atoms with van der Waals surface area (Å²) in [6.07, 6.45) is -6.09. The van der Waals surface area contributed by atoms with Crippen molar-refractivity contribution in [3.05, 3.63) is 5.53 Å². The van der Waals surface area contributed by atoms with E-state index >= 15 is 0 Å². The molecule has 1 N–H and O–H groups in total. The summed E-state index contributed by atoms with van der Waals surface area (Å²) < 4.78 is 42.3. The Morgan fingerprint density at radius 3 is 2.21 bits per heavy atom. The summed E-state index contributed by atoms with van der Waals surface area (Å²) in [4.78, 5) is 25.0. The summed E-state index contributed by atoms with van der Waals surface area (Å²) in [7, 11) is 0. The van der Waals surface area contributed by atoms with E-state index in [2.05, 4.69) is 9.53 Å². The number of ketones is 1. The predicted octanol–water partition coefficient (Wildman–Crippen LogP) is 0.740. The van der Waals surface area contributed by atoms with E-state index in [0.29, 0.717) is 6.92 Å². The summed E-state index contributed by atoms with van der Waals surface area (Å²) in [5.41, 5.74) is 4.63. The fraction of sp³-hybridized carbons (Fsp3) is 0.700. The minimum Gasteiger partial charge on any atom is -0.457 e. The summed E-state index contributed by atoms with van der Waals surface area (Å²) in [5, 5.41) is 8.78. The number of hydrogen-bond donors (Lipinski definition) is 1. The van der Waals surface area contributed by atoms with E-state index in [4.69, 9.17) is 10.6 Å². The predicted molar refractivity (Wildman–Crippen MR) is 56.1 cm³/mol. The molecule has 108 valence electrons. The van der Waals surface area contributed by atoms with Crippen molar-refractivity contribution in [2.45, 2.75) is 26.4 Å². The van der Waals surface area contributed by atoms with Crippen LogP contribution >= 0.6 is 0 Å². The Morgan fingerprint density at radius 1 is 1.37 bits per heavy atom. The van der Waals surface area contributed by atoms with E-state index < -0.39 is 42.1 Å². The molecule has 0 aliphatic heterocycles. The van der Waals surface area contributed by atoms with Crippen LogP contribution in [0.4, 0.5) is 13.2 Å². The number of ether oxygens (including phenoxy) is 1. The van der Waals surface area contributed by atoms with Crippen molar-refractivity contribution in [3.8, 4) is 0 Å². The molecule has 0 spiro atoms. The maximum absolute atomic E-state index is 12.7. The molecule has 0 aromatic rings. The SMILES string of the molecule is CCOC(=O)C(=[N+]=[N-])C(=O)C[C@](C)(CO)C(F)(F)F. The third-order valence-electron chi connectivity index (χ3n) is 2.42. The van der Waals surface area contributed by atoms with Gasteiger partial charge in [-0.15, -0.1) is 0 Å². The summed E-state index contributed by atoms with van der Waals surface area (Å²) in [6, 6.07) is 0. The molecule has 0 aromatic heterocycles. The molecule has 0 saturated heterocycles. The second kappa shape index (κ2) is 6.44. The van der Waals surface area contributed by atoms with Crippen LogP contribution in [0.2, 0.25) is 0 Å². The zero-order chi connectivity index (χ0) is 15.3. The Hall–Kier alpha value is -1.73. The maximum Gasteiger partial charge on any atom is 0.441 e. The molecule has 0 radical (unpaired) electrons. The largest absolute Gasteiger partial charge is 0.457 e. The Labute approximate surface area is 106 Å². The first kappa shape index (κ1) is 17.3. The fourth-order valence-electron chi connectivity index (χ4n) is 1.09. The van der Waals surface area contributed by atoms with Crippen molar-refractivity contribution in [2.24, 2.45) is 5.41 Å². The monoisotopic (exact) mass is 282 g/mol. The number of halogens is 3. The fourth-order valence-corrected chi connectivity index (χ4v) is 1.09. The van der Waals surface area contributed by atoms with Gasteiger partial charge >= 0.3 is 17.9 Å². The second-order valence-corrected chi connectivity index (χ2v) is 3.99. The van der Waals surface area contributed by atoms with E-state index in [-0.39, 0.29) is 6.61 Å². The molecular weight excluding hydrogens is 269 g/mol. The molecule has 6 nitrogen and oxygen atoms in total. The highest BCUT2D eigenvalue weighted by Gasteiger charge is 2.53. The molecule has 19 heavy (non-hydrogen) atoms. The number of alkyl halides is 3. The first-order valence-electron chi connectivity index (χ1n) is 5.23. The number of rotatable bonds is 6. The molecule has 0 unspecified atom stereocenters. The lowest BCUT2D eigenvalue weighted by molar-refractivity contribution is -0.230. The lowest BCUT2D eigenvalue weighted by atomic mass is 9.84. The number of Topliss-reactive ketones (excluding diaryl/α,β-unsaturated/α-hetero) is 1. The van der Waals surface area contributed by atoms with Gasteiger partial charge in [0.2, 0.25) is 0 Å². The highest BCUT2D eigenvalue weighted by molar-refractivity contribution is 6.62. The third-order valence-corrected chi connectivity index (χ3v) is 2.42. The van der Waals surface area contributed by atoms with Crippen LogP contribution in [0.15, 0.2) is 0 Å². The Morgan fingerprint density at radius 2 is 1.89 bits per heavy atom. The lowest BCUT2D eigenvalue weighted by Gasteiger charge is -2.28. The van der Waals surface area contributed by atoms with Gasteiger partial charge in [0.15, 0.2) is 0 Å². The van der Waals surface area contributed by atoms with Gasteiger partial charge in [-0.1, -0.05) is 0 Å². The Balaban J connectivity index is 5.14. The molecule has 0 amide bonds. The molecule has 0 rings (SSSR count).